The van der Waals surface area contributed by atoms with Gasteiger partial charge in [-0.25, -0.2) is 0 Å². The molecule has 0 aliphatic heterocycles. The lowest BCUT2D eigenvalue weighted by Crippen LogP contribution is -2.31. The highest BCUT2D eigenvalue weighted by Gasteiger charge is 2.21. The third-order valence-corrected chi connectivity index (χ3v) is 6.34. The molecule has 4 aromatic rings. The largest absolute Gasteiger partial charge is 0.320 e. The van der Waals surface area contributed by atoms with Gasteiger partial charge in [0.1, 0.15) is 0 Å². The van der Waals surface area contributed by atoms with Crippen LogP contribution in [-0.2, 0) is 0 Å². The molecule has 2 heteroatoms. The van der Waals surface area contributed by atoms with Gasteiger partial charge in [-0.1, -0.05) is 134 Å². The van der Waals surface area contributed by atoms with Crippen LogP contribution in [0.25, 0.3) is 0 Å². The minimum Gasteiger partial charge on any atom is -0.320 e. The summed E-state index contributed by atoms with van der Waals surface area (Å²) in [5.74, 6) is 0. The Morgan fingerprint density at radius 3 is 1.21 bits per heavy atom. The minimum atomic E-state index is -0.0163. The van der Waals surface area contributed by atoms with E-state index in [0.717, 1.165) is 11.1 Å². The molecule has 0 aromatic heterocycles. The maximum atomic E-state index is 6.12. The Kier molecular flexibility index (Phi) is 8.46. The Bertz CT molecular complexity index is 964. The lowest BCUT2D eigenvalue weighted by atomic mass is 9.97. The Balaban J connectivity index is 0.000000165. The van der Waals surface area contributed by atoms with Crippen molar-refractivity contribution in [3.8, 4) is 0 Å². The Morgan fingerprint density at radius 2 is 0.848 bits per heavy atom. The zero-order chi connectivity index (χ0) is 22.7. The van der Waals surface area contributed by atoms with Gasteiger partial charge in [-0.2, -0.15) is 0 Å². The highest BCUT2D eigenvalue weighted by Crippen LogP contribution is 2.26. The van der Waals surface area contributed by atoms with Crippen molar-refractivity contribution in [2.24, 2.45) is 5.73 Å². The van der Waals surface area contributed by atoms with Crippen LogP contribution < -0.4 is 11.1 Å². The predicted octanol–water partition coefficient (Wildman–Crippen LogP) is 7.04. The van der Waals surface area contributed by atoms with Gasteiger partial charge in [-0.05, 0) is 35.1 Å². The van der Waals surface area contributed by atoms with Crippen LogP contribution in [0.2, 0.25) is 0 Å². The summed E-state index contributed by atoms with van der Waals surface area (Å²) in [7, 11) is 0. The summed E-state index contributed by atoms with van der Waals surface area (Å²) in [5.41, 5.74) is 11.1. The van der Waals surface area contributed by atoms with Gasteiger partial charge in [0, 0.05) is 6.04 Å². The number of hydrogen-bond donors (Lipinski definition) is 2. The van der Waals surface area contributed by atoms with Gasteiger partial charge in [0.2, 0.25) is 0 Å². The topological polar surface area (TPSA) is 38.0 Å². The van der Waals surface area contributed by atoms with Crippen molar-refractivity contribution in [2.45, 2.75) is 43.8 Å². The standard InChI is InChI=1S/C18H21N.C13H13N/c1-3-9-15(10-4-1)18(16-11-5-2-6-12-16)19-17-13-7-8-14-17;14-13(11-7-3-1-4-8-11)12-9-5-2-6-10-12/h1-6,9-12,17-19H,7-8,13-14H2;1-10,13H,14H2. The van der Waals surface area contributed by atoms with Crippen LogP contribution in [0.4, 0.5) is 0 Å². The summed E-state index contributed by atoms with van der Waals surface area (Å²) in [5, 5.41) is 3.85. The summed E-state index contributed by atoms with van der Waals surface area (Å²) >= 11 is 0. The third kappa shape index (κ3) is 6.64. The van der Waals surface area contributed by atoms with E-state index in [1.54, 1.807) is 0 Å². The van der Waals surface area contributed by atoms with Crippen molar-refractivity contribution >= 4 is 0 Å². The minimum absolute atomic E-state index is 0.0163. The second-order valence-corrected chi connectivity index (χ2v) is 8.70. The van der Waals surface area contributed by atoms with E-state index < -0.39 is 0 Å². The van der Waals surface area contributed by atoms with Gasteiger partial charge in [-0.15, -0.1) is 0 Å². The van der Waals surface area contributed by atoms with Gasteiger partial charge in [0.05, 0.1) is 12.1 Å². The molecule has 0 heterocycles. The average Bonchev–Trinajstić information content (AvgIpc) is 3.43. The predicted molar refractivity (Wildman–Crippen MR) is 139 cm³/mol. The number of rotatable bonds is 6. The summed E-state index contributed by atoms with van der Waals surface area (Å²) < 4.78 is 0. The molecule has 1 saturated carbocycles. The highest BCUT2D eigenvalue weighted by atomic mass is 15.0. The van der Waals surface area contributed by atoms with Crippen molar-refractivity contribution in [1.82, 2.24) is 5.32 Å². The average molecular weight is 435 g/mol. The fourth-order valence-electron chi connectivity index (χ4n) is 4.52. The van der Waals surface area contributed by atoms with Crippen LogP contribution in [0.15, 0.2) is 121 Å². The van der Waals surface area contributed by atoms with E-state index in [9.17, 15) is 0 Å². The highest BCUT2D eigenvalue weighted by molar-refractivity contribution is 5.32. The fourth-order valence-corrected chi connectivity index (χ4v) is 4.52. The first kappa shape index (κ1) is 23.0. The third-order valence-electron chi connectivity index (χ3n) is 6.34. The molecule has 0 radical (unpaired) electrons. The molecule has 1 fully saturated rings. The van der Waals surface area contributed by atoms with Crippen molar-refractivity contribution in [3.63, 3.8) is 0 Å². The fraction of sp³-hybridized carbons (Fsp3) is 0.226. The maximum absolute atomic E-state index is 6.12. The normalized spacial score (nSPS) is 13.7. The van der Waals surface area contributed by atoms with Gasteiger partial charge >= 0.3 is 0 Å². The second kappa shape index (κ2) is 12.2. The van der Waals surface area contributed by atoms with Crippen LogP contribution in [0.3, 0.4) is 0 Å². The Hall–Kier alpha value is -3.20. The van der Waals surface area contributed by atoms with E-state index >= 15 is 0 Å². The van der Waals surface area contributed by atoms with Crippen LogP contribution in [-0.4, -0.2) is 6.04 Å². The molecule has 1 aliphatic carbocycles. The van der Waals surface area contributed by atoms with Crippen molar-refractivity contribution in [1.29, 1.82) is 0 Å². The molecule has 0 saturated heterocycles. The van der Waals surface area contributed by atoms with Crippen molar-refractivity contribution in [2.75, 3.05) is 0 Å². The maximum Gasteiger partial charge on any atom is 0.0578 e. The molecule has 5 rings (SSSR count). The number of nitrogens with one attached hydrogen (secondary N) is 1. The van der Waals surface area contributed by atoms with Crippen LogP contribution >= 0.6 is 0 Å². The molecule has 33 heavy (non-hydrogen) atoms. The first-order valence-electron chi connectivity index (χ1n) is 12.0. The molecule has 0 unspecified atom stereocenters. The zero-order valence-electron chi connectivity index (χ0n) is 19.2. The molecule has 1 aliphatic rings. The first-order chi connectivity index (χ1) is 16.3. The van der Waals surface area contributed by atoms with Crippen molar-refractivity contribution in [3.05, 3.63) is 144 Å². The molecule has 0 atom stereocenters. The van der Waals surface area contributed by atoms with E-state index in [2.05, 4.69) is 90.2 Å². The van der Waals surface area contributed by atoms with E-state index in [1.165, 1.54) is 36.8 Å². The number of hydrogen-bond acceptors (Lipinski definition) is 2. The van der Waals surface area contributed by atoms with Crippen LogP contribution in [0.1, 0.15) is 60.0 Å². The van der Waals surface area contributed by atoms with Gasteiger partial charge in [0.15, 0.2) is 0 Å². The zero-order valence-corrected chi connectivity index (χ0v) is 19.2. The molecular formula is C31H34N2. The lowest BCUT2D eigenvalue weighted by Gasteiger charge is -2.24. The van der Waals surface area contributed by atoms with Gasteiger partial charge in [0.25, 0.3) is 0 Å². The SMILES string of the molecule is NC(c1ccccc1)c1ccccc1.c1ccc(C(NC2CCCC2)c2ccccc2)cc1. The van der Waals surface area contributed by atoms with Crippen LogP contribution in [0, 0.1) is 0 Å². The van der Waals surface area contributed by atoms with Crippen LogP contribution in [0.5, 0.6) is 0 Å². The number of benzene rings is 4. The molecule has 3 N–H and O–H groups in total. The Morgan fingerprint density at radius 1 is 0.515 bits per heavy atom. The summed E-state index contributed by atoms with van der Waals surface area (Å²) in [6.45, 7) is 0. The van der Waals surface area contributed by atoms with E-state index in [-0.39, 0.29) is 6.04 Å². The molecule has 2 nitrogen and oxygen atoms in total. The summed E-state index contributed by atoms with van der Waals surface area (Å²) in [6, 6.07) is 42.8. The van der Waals surface area contributed by atoms with Gasteiger partial charge in [-0.3, -0.25) is 0 Å². The first-order valence-corrected chi connectivity index (χ1v) is 12.0. The monoisotopic (exact) mass is 434 g/mol. The lowest BCUT2D eigenvalue weighted by molar-refractivity contribution is 0.479. The van der Waals surface area contributed by atoms with E-state index in [0.29, 0.717) is 12.1 Å². The smallest absolute Gasteiger partial charge is 0.0578 e. The molecule has 4 aromatic carbocycles. The molecule has 0 bridgehead atoms. The van der Waals surface area contributed by atoms with Gasteiger partial charge < -0.3 is 11.1 Å². The van der Waals surface area contributed by atoms with E-state index in [1.807, 2.05) is 36.4 Å². The second-order valence-electron chi connectivity index (χ2n) is 8.70. The molecule has 0 spiro atoms. The molecule has 0 amide bonds. The molecular weight excluding hydrogens is 400 g/mol. The Labute approximate surface area is 198 Å². The van der Waals surface area contributed by atoms with E-state index in [4.69, 9.17) is 5.73 Å². The van der Waals surface area contributed by atoms with Crippen molar-refractivity contribution < 1.29 is 0 Å². The summed E-state index contributed by atoms with van der Waals surface area (Å²) in [6.07, 6.45) is 5.37. The number of nitrogens with two attached hydrogens (primary N) is 1. The molecule has 168 valence electrons. The quantitative estimate of drug-likeness (QED) is 0.341. The summed E-state index contributed by atoms with van der Waals surface area (Å²) in [4.78, 5) is 0.